The van der Waals surface area contributed by atoms with Crippen molar-refractivity contribution in [2.75, 3.05) is 5.32 Å². The molecule has 0 saturated heterocycles. The number of rotatable bonds is 4. The predicted octanol–water partition coefficient (Wildman–Crippen LogP) is 5.54. The molecular formula is C16H10Cl2F3NO2. The molecule has 0 saturated carbocycles. The molecule has 0 fully saturated rings. The van der Waals surface area contributed by atoms with Gasteiger partial charge in [0.25, 0.3) is 0 Å². The van der Waals surface area contributed by atoms with Crippen molar-refractivity contribution in [3.8, 4) is 5.75 Å². The second-order valence-electron chi connectivity index (χ2n) is 4.57. The molecule has 1 amide bonds. The summed E-state index contributed by atoms with van der Waals surface area (Å²) in [5.41, 5.74) is 1.00. The molecule has 126 valence electrons. The second-order valence-corrected chi connectivity index (χ2v) is 5.38. The highest BCUT2D eigenvalue weighted by Gasteiger charge is 2.30. The minimum Gasteiger partial charge on any atom is -0.406 e. The molecule has 0 heterocycles. The summed E-state index contributed by atoms with van der Waals surface area (Å²) in [6.07, 6.45) is -1.97. The van der Waals surface area contributed by atoms with Crippen LogP contribution in [0.4, 0.5) is 18.9 Å². The number of anilines is 1. The Labute approximate surface area is 145 Å². The van der Waals surface area contributed by atoms with E-state index in [-0.39, 0.29) is 5.75 Å². The normalized spacial score (nSPS) is 11.5. The van der Waals surface area contributed by atoms with E-state index in [1.165, 1.54) is 24.3 Å². The fourth-order valence-corrected chi connectivity index (χ4v) is 2.02. The number of benzene rings is 2. The molecule has 3 nitrogen and oxygen atoms in total. The number of nitrogens with one attached hydrogen (secondary N) is 1. The quantitative estimate of drug-likeness (QED) is 0.712. The van der Waals surface area contributed by atoms with Crippen molar-refractivity contribution in [1.82, 2.24) is 0 Å². The summed E-state index contributed by atoms with van der Waals surface area (Å²) < 4.78 is 39.9. The molecule has 0 aliphatic carbocycles. The molecule has 24 heavy (non-hydrogen) atoms. The van der Waals surface area contributed by atoms with Crippen molar-refractivity contribution in [3.63, 3.8) is 0 Å². The van der Waals surface area contributed by atoms with E-state index < -0.39 is 12.3 Å². The zero-order valence-corrected chi connectivity index (χ0v) is 13.4. The number of halogens is 5. The van der Waals surface area contributed by atoms with Crippen LogP contribution in [0.3, 0.4) is 0 Å². The van der Waals surface area contributed by atoms with Crippen LogP contribution in [0.2, 0.25) is 10.0 Å². The molecule has 1 N–H and O–H groups in total. The Bertz CT molecular complexity index is 759. The van der Waals surface area contributed by atoms with Crippen LogP contribution in [-0.2, 0) is 4.79 Å². The second kappa shape index (κ2) is 7.59. The first-order valence-electron chi connectivity index (χ1n) is 6.53. The molecule has 0 aliphatic rings. The van der Waals surface area contributed by atoms with Crippen molar-refractivity contribution in [1.29, 1.82) is 0 Å². The average molecular weight is 376 g/mol. The van der Waals surface area contributed by atoms with Gasteiger partial charge in [0.1, 0.15) is 5.75 Å². The average Bonchev–Trinajstić information content (AvgIpc) is 2.49. The molecule has 8 heteroatoms. The highest BCUT2D eigenvalue weighted by atomic mass is 35.5. The third kappa shape index (κ3) is 5.79. The van der Waals surface area contributed by atoms with Crippen LogP contribution in [0.1, 0.15) is 5.56 Å². The molecule has 0 radical (unpaired) electrons. The lowest BCUT2D eigenvalue weighted by atomic mass is 10.2. The van der Waals surface area contributed by atoms with E-state index in [4.69, 9.17) is 23.2 Å². The van der Waals surface area contributed by atoms with Gasteiger partial charge < -0.3 is 10.1 Å². The van der Waals surface area contributed by atoms with Crippen LogP contribution in [-0.4, -0.2) is 12.3 Å². The van der Waals surface area contributed by atoms with Gasteiger partial charge in [-0.15, -0.1) is 13.2 Å². The van der Waals surface area contributed by atoms with E-state index in [0.717, 1.165) is 12.1 Å². The first kappa shape index (κ1) is 18.2. The lowest BCUT2D eigenvalue weighted by Gasteiger charge is -2.09. The first-order chi connectivity index (χ1) is 11.2. The highest BCUT2D eigenvalue weighted by molar-refractivity contribution is 6.42. The maximum Gasteiger partial charge on any atom is 0.573 e. The minimum atomic E-state index is -4.76. The van der Waals surface area contributed by atoms with Gasteiger partial charge in [-0.2, -0.15) is 0 Å². The largest absolute Gasteiger partial charge is 0.573 e. The van der Waals surface area contributed by atoms with Gasteiger partial charge >= 0.3 is 6.36 Å². The fraction of sp³-hybridized carbons (Fsp3) is 0.0625. The summed E-state index contributed by atoms with van der Waals surface area (Å²) >= 11 is 11.6. The predicted molar refractivity (Wildman–Crippen MR) is 87.3 cm³/mol. The third-order valence-electron chi connectivity index (χ3n) is 2.73. The van der Waals surface area contributed by atoms with Crippen LogP contribution in [0, 0.1) is 0 Å². The summed E-state index contributed by atoms with van der Waals surface area (Å²) in [4.78, 5) is 11.8. The Morgan fingerprint density at radius 1 is 1.04 bits per heavy atom. The number of alkyl halides is 3. The Hall–Kier alpha value is -2.18. The van der Waals surface area contributed by atoms with E-state index in [1.807, 2.05) is 0 Å². The van der Waals surface area contributed by atoms with Crippen LogP contribution in [0.25, 0.3) is 6.08 Å². The van der Waals surface area contributed by atoms with Crippen LogP contribution in [0.15, 0.2) is 48.5 Å². The molecular weight excluding hydrogens is 366 g/mol. The molecule has 0 atom stereocenters. The maximum absolute atomic E-state index is 12.0. The van der Waals surface area contributed by atoms with E-state index in [9.17, 15) is 18.0 Å². The SMILES string of the molecule is O=C(C=Cc1ccc(Cl)c(Cl)c1)Nc1ccc(OC(F)(F)F)cc1. The van der Waals surface area contributed by atoms with Gasteiger partial charge in [0.15, 0.2) is 0 Å². The number of carbonyl (C=O) groups is 1. The molecule has 2 rings (SSSR count). The van der Waals surface area contributed by atoms with Gasteiger partial charge in [-0.05, 0) is 48.0 Å². The minimum absolute atomic E-state index is 0.327. The number of amides is 1. The van der Waals surface area contributed by atoms with Gasteiger partial charge in [0.05, 0.1) is 10.0 Å². The van der Waals surface area contributed by atoms with Crippen LogP contribution in [0.5, 0.6) is 5.75 Å². The molecule has 2 aromatic rings. The molecule has 0 bridgehead atoms. The molecule has 2 aromatic carbocycles. The van der Waals surface area contributed by atoms with Crippen LogP contribution >= 0.6 is 23.2 Å². The van der Waals surface area contributed by atoms with Crippen molar-refractivity contribution in [3.05, 3.63) is 64.1 Å². The zero-order chi connectivity index (χ0) is 17.7. The summed E-state index contributed by atoms with van der Waals surface area (Å²) in [5.74, 6) is -0.822. The number of hydrogen-bond acceptors (Lipinski definition) is 2. The van der Waals surface area contributed by atoms with Gasteiger partial charge in [-0.3, -0.25) is 4.79 Å². The standard InChI is InChI=1S/C16H10Cl2F3NO2/c17-13-7-1-10(9-14(13)18)2-8-15(23)22-11-3-5-12(6-4-11)24-16(19,20)21/h1-9H,(H,22,23). The molecule has 0 spiro atoms. The summed E-state index contributed by atoms with van der Waals surface area (Å²) in [6, 6.07) is 9.68. The van der Waals surface area contributed by atoms with E-state index in [1.54, 1.807) is 18.2 Å². The molecule has 0 aliphatic heterocycles. The van der Waals surface area contributed by atoms with E-state index in [0.29, 0.717) is 21.3 Å². The van der Waals surface area contributed by atoms with Crippen molar-refractivity contribution >= 4 is 40.9 Å². The third-order valence-corrected chi connectivity index (χ3v) is 3.47. The lowest BCUT2D eigenvalue weighted by molar-refractivity contribution is -0.274. The molecule has 0 aromatic heterocycles. The number of hydrogen-bond donors (Lipinski definition) is 1. The van der Waals surface area contributed by atoms with Crippen LogP contribution < -0.4 is 10.1 Å². The van der Waals surface area contributed by atoms with Crippen molar-refractivity contribution < 1.29 is 22.7 Å². The zero-order valence-electron chi connectivity index (χ0n) is 11.9. The molecule has 0 unspecified atom stereocenters. The topological polar surface area (TPSA) is 38.3 Å². The number of ether oxygens (including phenoxy) is 1. The first-order valence-corrected chi connectivity index (χ1v) is 7.28. The summed E-state index contributed by atoms with van der Waals surface area (Å²) in [5, 5.41) is 3.27. The van der Waals surface area contributed by atoms with E-state index >= 15 is 0 Å². The summed E-state index contributed by atoms with van der Waals surface area (Å²) in [6.45, 7) is 0. The van der Waals surface area contributed by atoms with Gasteiger partial charge in [0, 0.05) is 11.8 Å². The van der Waals surface area contributed by atoms with Gasteiger partial charge in [-0.1, -0.05) is 29.3 Å². The number of carbonyl (C=O) groups excluding carboxylic acids is 1. The van der Waals surface area contributed by atoms with E-state index in [2.05, 4.69) is 10.1 Å². The van der Waals surface area contributed by atoms with Crippen molar-refractivity contribution in [2.24, 2.45) is 0 Å². The Balaban J connectivity index is 1.96. The Morgan fingerprint density at radius 2 is 1.71 bits per heavy atom. The fourth-order valence-electron chi connectivity index (χ4n) is 1.71. The van der Waals surface area contributed by atoms with Gasteiger partial charge in [0.2, 0.25) is 5.91 Å². The summed E-state index contributed by atoms with van der Waals surface area (Å²) in [7, 11) is 0. The van der Waals surface area contributed by atoms with Crippen molar-refractivity contribution in [2.45, 2.75) is 6.36 Å². The Morgan fingerprint density at radius 3 is 2.29 bits per heavy atom. The smallest absolute Gasteiger partial charge is 0.406 e. The van der Waals surface area contributed by atoms with Gasteiger partial charge in [-0.25, -0.2) is 0 Å². The maximum atomic E-state index is 12.0. The highest BCUT2D eigenvalue weighted by Crippen LogP contribution is 2.24. The Kier molecular flexibility index (Phi) is 5.75. The monoisotopic (exact) mass is 375 g/mol. The lowest BCUT2D eigenvalue weighted by Crippen LogP contribution is -2.17.